The fourth-order valence-corrected chi connectivity index (χ4v) is 4.62. The summed E-state index contributed by atoms with van der Waals surface area (Å²) in [6.45, 7) is 1.91. The number of rotatable bonds is 3. The molecular formula is C19H22F6. The van der Waals surface area contributed by atoms with Crippen molar-refractivity contribution >= 4 is 0 Å². The van der Waals surface area contributed by atoms with Crippen molar-refractivity contribution in [2.24, 2.45) is 5.92 Å². The van der Waals surface area contributed by atoms with Crippen molar-refractivity contribution in [1.82, 2.24) is 0 Å². The highest BCUT2D eigenvalue weighted by Gasteiger charge is 2.62. The number of benzene rings is 1. The standard InChI is InChI=1S/C19H22F6/c1-2-3-11-4-5-18(24)8-13(9-19(18,25)10-16(11)22)12-6-14(20)17(23)15(21)7-12/h6-7,11,13,16H,2-5,8-10H2,1H3. The molecule has 2 aliphatic rings. The lowest BCUT2D eigenvalue weighted by Crippen LogP contribution is -2.42. The minimum Gasteiger partial charge on any atom is -0.247 e. The lowest BCUT2D eigenvalue weighted by molar-refractivity contribution is -0.0292. The Kier molecular flexibility index (Phi) is 4.84. The Morgan fingerprint density at radius 1 is 1.00 bits per heavy atom. The zero-order valence-electron chi connectivity index (χ0n) is 14.1. The summed E-state index contributed by atoms with van der Waals surface area (Å²) in [6.07, 6.45) is -1.06. The topological polar surface area (TPSA) is 0 Å². The summed E-state index contributed by atoms with van der Waals surface area (Å²) in [5.41, 5.74) is -4.55. The van der Waals surface area contributed by atoms with Gasteiger partial charge in [0.15, 0.2) is 17.5 Å². The van der Waals surface area contributed by atoms with Crippen molar-refractivity contribution in [1.29, 1.82) is 0 Å². The number of alkyl halides is 3. The highest BCUT2D eigenvalue weighted by Crippen LogP contribution is 2.59. The molecule has 0 aromatic heterocycles. The van der Waals surface area contributed by atoms with Crippen LogP contribution >= 0.6 is 0 Å². The minimum atomic E-state index is -2.36. The molecule has 0 heterocycles. The zero-order chi connectivity index (χ0) is 18.4. The van der Waals surface area contributed by atoms with Gasteiger partial charge in [-0.05, 0) is 61.6 Å². The van der Waals surface area contributed by atoms with Gasteiger partial charge < -0.3 is 0 Å². The van der Waals surface area contributed by atoms with Gasteiger partial charge in [0.1, 0.15) is 17.5 Å². The van der Waals surface area contributed by atoms with E-state index >= 15 is 8.78 Å². The Bertz CT molecular complexity index is 624. The van der Waals surface area contributed by atoms with Crippen LogP contribution in [-0.2, 0) is 0 Å². The van der Waals surface area contributed by atoms with Crippen molar-refractivity contribution in [3.05, 3.63) is 35.1 Å². The molecule has 5 unspecified atom stereocenters. The number of hydrogen-bond acceptors (Lipinski definition) is 0. The van der Waals surface area contributed by atoms with Crippen LogP contribution in [0.4, 0.5) is 26.3 Å². The molecule has 0 N–H and O–H groups in total. The number of hydrogen-bond donors (Lipinski definition) is 0. The van der Waals surface area contributed by atoms with Gasteiger partial charge >= 0.3 is 0 Å². The number of fused-ring (bicyclic) bond motifs is 1. The van der Waals surface area contributed by atoms with Crippen molar-refractivity contribution in [2.75, 3.05) is 0 Å². The second kappa shape index (κ2) is 6.51. The molecule has 0 radical (unpaired) electrons. The fraction of sp³-hybridized carbons (Fsp3) is 0.684. The molecule has 0 aliphatic heterocycles. The Labute approximate surface area is 143 Å². The molecule has 2 aliphatic carbocycles. The largest absolute Gasteiger partial charge is 0.247 e. The monoisotopic (exact) mass is 364 g/mol. The summed E-state index contributed by atoms with van der Waals surface area (Å²) in [5.74, 6) is -5.51. The van der Waals surface area contributed by atoms with E-state index in [2.05, 4.69) is 0 Å². The third kappa shape index (κ3) is 3.17. The van der Waals surface area contributed by atoms with E-state index in [1.54, 1.807) is 0 Å². The molecule has 2 fully saturated rings. The van der Waals surface area contributed by atoms with E-state index in [1.165, 1.54) is 0 Å². The smallest absolute Gasteiger partial charge is 0.194 e. The lowest BCUT2D eigenvalue weighted by atomic mass is 9.85. The van der Waals surface area contributed by atoms with Gasteiger partial charge in [-0.15, -0.1) is 0 Å². The molecule has 25 heavy (non-hydrogen) atoms. The van der Waals surface area contributed by atoms with E-state index in [1.807, 2.05) is 6.92 Å². The van der Waals surface area contributed by atoms with Gasteiger partial charge in [-0.2, -0.15) is 0 Å². The first-order valence-corrected chi connectivity index (χ1v) is 8.85. The van der Waals surface area contributed by atoms with Crippen LogP contribution in [0.1, 0.15) is 63.4 Å². The van der Waals surface area contributed by atoms with Crippen LogP contribution in [-0.4, -0.2) is 17.5 Å². The van der Waals surface area contributed by atoms with Crippen LogP contribution in [0.25, 0.3) is 0 Å². The van der Waals surface area contributed by atoms with Gasteiger partial charge in [0.25, 0.3) is 0 Å². The first-order valence-electron chi connectivity index (χ1n) is 8.85. The molecule has 5 atom stereocenters. The van der Waals surface area contributed by atoms with E-state index in [4.69, 9.17) is 0 Å². The summed E-state index contributed by atoms with van der Waals surface area (Å²) in [4.78, 5) is 0. The second-order valence-electron chi connectivity index (χ2n) is 7.64. The highest BCUT2D eigenvalue weighted by molar-refractivity contribution is 5.28. The predicted molar refractivity (Wildman–Crippen MR) is 83.1 cm³/mol. The molecule has 3 rings (SSSR count). The number of halogens is 6. The molecule has 0 nitrogen and oxygen atoms in total. The summed E-state index contributed by atoms with van der Waals surface area (Å²) in [7, 11) is 0. The van der Waals surface area contributed by atoms with Crippen LogP contribution in [0, 0.1) is 23.4 Å². The third-order valence-corrected chi connectivity index (χ3v) is 6.02. The summed E-state index contributed by atoms with van der Waals surface area (Å²) < 4.78 is 85.3. The minimum absolute atomic E-state index is 0.0269. The van der Waals surface area contributed by atoms with Crippen molar-refractivity contribution in [3.8, 4) is 0 Å². The maximum Gasteiger partial charge on any atom is 0.194 e. The fourth-order valence-electron chi connectivity index (χ4n) is 4.62. The molecule has 1 aromatic rings. The summed E-state index contributed by atoms with van der Waals surface area (Å²) in [5, 5.41) is 0. The van der Waals surface area contributed by atoms with Gasteiger partial charge in [-0.1, -0.05) is 13.3 Å². The molecule has 0 saturated heterocycles. The maximum absolute atomic E-state index is 15.4. The molecule has 140 valence electrons. The van der Waals surface area contributed by atoms with E-state index in [0.29, 0.717) is 6.42 Å². The molecule has 0 bridgehead atoms. The summed E-state index contributed by atoms with van der Waals surface area (Å²) >= 11 is 0. The Balaban J connectivity index is 1.87. The van der Waals surface area contributed by atoms with E-state index in [0.717, 1.165) is 18.6 Å². The molecule has 6 heteroatoms. The molecule has 0 spiro atoms. The van der Waals surface area contributed by atoms with E-state index in [-0.39, 0.29) is 37.2 Å². The molecule has 2 saturated carbocycles. The van der Waals surface area contributed by atoms with E-state index < -0.39 is 47.3 Å². The molecular weight excluding hydrogens is 342 g/mol. The lowest BCUT2D eigenvalue weighted by Gasteiger charge is -2.31. The van der Waals surface area contributed by atoms with Gasteiger partial charge in [-0.3, -0.25) is 0 Å². The first-order chi connectivity index (χ1) is 11.7. The maximum atomic E-state index is 15.4. The Morgan fingerprint density at radius 3 is 2.20 bits per heavy atom. The third-order valence-electron chi connectivity index (χ3n) is 6.02. The molecule has 0 amide bonds. The Hall–Kier alpha value is -1.20. The van der Waals surface area contributed by atoms with E-state index in [9.17, 15) is 17.6 Å². The predicted octanol–water partition coefficient (Wildman–Crippen LogP) is 6.34. The van der Waals surface area contributed by atoms with Crippen molar-refractivity contribution in [2.45, 2.75) is 75.3 Å². The van der Waals surface area contributed by atoms with Crippen LogP contribution in [0.3, 0.4) is 0 Å². The zero-order valence-corrected chi connectivity index (χ0v) is 14.1. The quantitative estimate of drug-likeness (QED) is 0.434. The van der Waals surface area contributed by atoms with Gasteiger partial charge in [0, 0.05) is 6.42 Å². The van der Waals surface area contributed by atoms with Crippen molar-refractivity contribution in [3.63, 3.8) is 0 Å². The molecule has 1 aromatic carbocycles. The highest BCUT2D eigenvalue weighted by atomic mass is 19.2. The van der Waals surface area contributed by atoms with Gasteiger partial charge in [0.2, 0.25) is 0 Å². The summed E-state index contributed by atoms with van der Waals surface area (Å²) in [6, 6.07) is 1.57. The van der Waals surface area contributed by atoms with Gasteiger partial charge in [-0.25, -0.2) is 26.3 Å². The second-order valence-corrected chi connectivity index (χ2v) is 7.64. The van der Waals surface area contributed by atoms with Crippen LogP contribution < -0.4 is 0 Å². The average molecular weight is 364 g/mol. The normalized spacial score (nSPS) is 38.4. The van der Waals surface area contributed by atoms with Crippen LogP contribution in [0.5, 0.6) is 0 Å². The Morgan fingerprint density at radius 2 is 1.60 bits per heavy atom. The average Bonchev–Trinajstić information content (AvgIpc) is 2.75. The van der Waals surface area contributed by atoms with Crippen molar-refractivity contribution < 1.29 is 26.3 Å². The van der Waals surface area contributed by atoms with Crippen LogP contribution in [0.15, 0.2) is 12.1 Å². The SMILES string of the molecule is CCCC1CCC2(F)CC(c3cc(F)c(F)c(F)c3)CC2(F)CC1F. The van der Waals surface area contributed by atoms with Gasteiger partial charge in [0.05, 0.1) is 0 Å². The van der Waals surface area contributed by atoms with Crippen LogP contribution in [0.2, 0.25) is 0 Å². The first kappa shape index (κ1) is 18.6.